The van der Waals surface area contributed by atoms with Crippen molar-refractivity contribution in [3.8, 4) is 17.2 Å². The molecule has 1 atom stereocenters. The molecule has 3 aromatic carbocycles. The highest BCUT2D eigenvalue weighted by atomic mass is 35.5. The van der Waals surface area contributed by atoms with Crippen molar-refractivity contribution in [3.05, 3.63) is 87.9 Å². The number of benzene rings is 3. The largest absolute Gasteiger partial charge is 0.493 e. The summed E-state index contributed by atoms with van der Waals surface area (Å²) >= 11 is 6.02. The molecule has 0 spiro atoms. The SMILES string of the molecule is COC(=O)c1ccc(OC[C@@H]2c3cc(OC)c(OC)cc3CCN2C(=O)c2ccc(Cl)cc2)cc1. The molecule has 0 aromatic heterocycles. The van der Waals surface area contributed by atoms with Gasteiger partial charge in [-0.3, -0.25) is 4.79 Å². The van der Waals surface area contributed by atoms with Gasteiger partial charge >= 0.3 is 5.97 Å². The van der Waals surface area contributed by atoms with E-state index in [1.165, 1.54) is 7.11 Å². The lowest BCUT2D eigenvalue weighted by Crippen LogP contribution is -2.42. The second-order valence-corrected chi connectivity index (χ2v) is 8.44. The molecule has 0 fully saturated rings. The smallest absolute Gasteiger partial charge is 0.337 e. The van der Waals surface area contributed by atoms with Crippen molar-refractivity contribution in [2.24, 2.45) is 0 Å². The molecule has 0 bridgehead atoms. The minimum atomic E-state index is -0.418. The van der Waals surface area contributed by atoms with Gasteiger partial charge in [-0.2, -0.15) is 0 Å². The molecule has 7 nitrogen and oxygen atoms in total. The number of hydrogen-bond donors (Lipinski definition) is 0. The van der Waals surface area contributed by atoms with E-state index < -0.39 is 5.97 Å². The third kappa shape index (κ3) is 5.20. The highest BCUT2D eigenvalue weighted by Crippen LogP contribution is 2.39. The Kier molecular flexibility index (Phi) is 7.46. The first-order valence-electron chi connectivity index (χ1n) is 11.1. The number of fused-ring (bicyclic) bond motifs is 1. The number of rotatable bonds is 7. The molecule has 182 valence electrons. The maximum atomic E-state index is 13.5. The number of amides is 1. The van der Waals surface area contributed by atoms with Gasteiger partial charge < -0.3 is 23.8 Å². The molecule has 0 saturated carbocycles. The first-order chi connectivity index (χ1) is 16.9. The quantitative estimate of drug-likeness (QED) is 0.431. The van der Waals surface area contributed by atoms with Gasteiger partial charge in [-0.05, 0) is 78.2 Å². The van der Waals surface area contributed by atoms with Gasteiger partial charge in [0, 0.05) is 17.1 Å². The average molecular weight is 496 g/mol. The van der Waals surface area contributed by atoms with E-state index in [-0.39, 0.29) is 18.6 Å². The number of methoxy groups -OCH3 is 3. The van der Waals surface area contributed by atoms with Crippen molar-refractivity contribution in [1.82, 2.24) is 4.90 Å². The summed E-state index contributed by atoms with van der Waals surface area (Å²) in [5.41, 5.74) is 2.98. The van der Waals surface area contributed by atoms with Gasteiger partial charge in [0.05, 0.1) is 32.9 Å². The predicted octanol–water partition coefficient (Wildman–Crippen LogP) is 4.96. The second kappa shape index (κ2) is 10.7. The lowest BCUT2D eigenvalue weighted by molar-refractivity contribution is 0.0583. The molecule has 8 heteroatoms. The van der Waals surface area contributed by atoms with Crippen LogP contribution in [0.25, 0.3) is 0 Å². The first kappa shape index (κ1) is 24.4. The Bertz CT molecular complexity index is 1210. The van der Waals surface area contributed by atoms with Gasteiger partial charge in [-0.1, -0.05) is 11.6 Å². The van der Waals surface area contributed by atoms with Crippen molar-refractivity contribution in [3.63, 3.8) is 0 Å². The van der Waals surface area contributed by atoms with Crippen LogP contribution in [-0.4, -0.2) is 51.3 Å². The van der Waals surface area contributed by atoms with E-state index in [4.69, 9.17) is 30.5 Å². The van der Waals surface area contributed by atoms with Crippen molar-refractivity contribution < 1.29 is 28.5 Å². The normalized spacial score (nSPS) is 14.6. The molecule has 0 radical (unpaired) electrons. The lowest BCUT2D eigenvalue weighted by Gasteiger charge is -2.37. The first-order valence-corrected chi connectivity index (χ1v) is 11.5. The Morgan fingerprint density at radius 1 is 0.914 bits per heavy atom. The lowest BCUT2D eigenvalue weighted by atomic mass is 9.91. The Labute approximate surface area is 209 Å². The topological polar surface area (TPSA) is 74.3 Å². The van der Waals surface area contributed by atoms with Crippen LogP contribution in [0.4, 0.5) is 0 Å². The molecule has 0 N–H and O–H groups in total. The summed E-state index contributed by atoms with van der Waals surface area (Å²) in [6.45, 7) is 0.721. The van der Waals surface area contributed by atoms with E-state index in [9.17, 15) is 9.59 Å². The Hall–Kier alpha value is -3.71. The third-order valence-electron chi connectivity index (χ3n) is 6.04. The number of esters is 1. The molecular weight excluding hydrogens is 470 g/mol. The summed E-state index contributed by atoms with van der Waals surface area (Å²) in [4.78, 5) is 27.0. The second-order valence-electron chi connectivity index (χ2n) is 8.00. The zero-order valence-electron chi connectivity index (χ0n) is 19.7. The van der Waals surface area contributed by atoms with Crippen LogP contribution in [0.1, 0.15) is 37.9 Å². The van der Waals surface area contributed by atoms with Crippen molar-refractivity contribution >= 4 is 23.5 Å². The average Bonchev–Trinajstić information content (AvgIpc) is 2.90. The molecule has 0 saturated heterocycles. The summed E-state index contributed by atoms with van der Waals surface area (Å²) in [6, 6.07) is 17.0. The van der Waals surface area contributed by atoms with E-state index in [1.54, 1.807) is 67.7 Å². The van der Waals surface area contributed by atoms with Crippen LogP contribution in [0.5, 0.6) is 17.2 Å². The van der Waals surface area contributed by atoms with Crippen LogP contribution in [0, 0.1) is 0 Å². The number of nitrogens with zero attached hydrogens (tertiary/aromatic N) is 1. The van der Waals surface area contributed by atoms with Crippen LogP contribution < -0.4 is 14.2 Å². The van der Waals surface area contributed by atoms with Gasteiger partial charge in [0.25, 0.3) is 5.91 Å². The highest BCUT2D eigenvalue weighted by molar-refractivity contribution is 6.30. The predicted molar refractivity (Wildman–Crippen MR) is 132 cm³/mol. The molecule has 4 rings (SSSR count). The third-order valence-corrected chi connectivity index (χ3v) is 6.29. The molecule has 3 aromatic rings. The summed E-state index contributed by atoms with van der Waals surface area (Å²) in [6.07, 6.45) is 0.666. The van der Waals surface area contributed by atoms with Crippen molar-refractivity contribution in [2.45, 2.75) is 12.5 Å². The van der Waals surface area contributed by atoms with E-state index in [0.717, 1.165) is 11.1 Å². The van der Waals surface area contributed by atoms with E-state index in [2.05, 4.69) is 0 Å². The molecule has 1 aliphatic heterocycles. The van der Waals surface area contributed by atoms with Gasteiger partial charge in [0.1, 0.15) is 12.4 Å². The number of carbonyl (C=O) groups is 2. The molecule has 1 amide bonds. The molecule has 1 aliphatic rings. The highest BCUT2D eigenvalue weighted by Gasteiger charge is 2.33. The fourth-order valence-corrected chi connectivity index (χ4v) is 4.32. The Balaban J connectivity index is 1.66. The van der Waals surface area contributed by atoms with Crippen molar-refractivity contribution in [1.29, 1.82) is 0 Å². The summed E-state index contributed by atoms with van der Waals surface area (Å²) in [5.74, 6) is 1.26. The standard InChI is InChI=1S/C27H26ClNO6/c1-32-24-14-19-12-13-29(26(30)17-4-8-20(28)9-5-17)23(22(19)15-25(24)33-2)16-35-21-10-6-18(7-11-21)27(31)34-3/h4-11,14-15,23H,12-13,16H2,1-3H3/t23-/m1/s1. The molecular formula is C27H26ClNO6. The van der Waals surface area contributed by atoms with Crippen LogP contribution in [0.3, 0.4) is 0 Å². The summed E-state index contributed by atoms with van der Waals surface area (Å²) in [7, 11) is 4.52. The van der Waals surface area contributed by atoms with E-state index >= 15 is 0 Å². The fourth-order valence-electron chi connectivity index (χ4n) is 4.19. The van der Waals surface area contributed by atoms with E-state index in [1.807, 2.05) is 12.1 Å². The van der Waals surface area contributed by atoms with Gasteiger partial charge in [-0.15, -0.1) is 0 Å². The minimum absolute atomic E-state index is 0.114. The summed E-state index contributed by atoms with van der Waals surface area (Å²) < 4.78 is 21.8. The Morgan fingerprint density at radius 3 is 2.17 bits per heavy atom. The maximum Gasteiger partial charge on any atom is 0.337 e. The molecule has 0 aliphatic carbocycles. The van der Waals surface area contributed by atoms with E-state index in [0.29, 0.717) is 46.4 Å². The summed E-state index contributed by atoms with van der Waals surface area (Å²) in [5, 5.41) is 0.567. The van der Waals surface area contributed by atoms with Crippen LogP contribution >= 0.6 is 11.6 Å². The minimum Gasteiger partial charge on any atom is -0.493 e. The molecule has 1 heterocycles. The number of carbonyl (C=O) groups excluding carboxylic acids is 2. The fraction of sp³-hybridized carbons (Fsp3) is 0.259. The van der Waals surface area contributed by atoms with Gasteiger partial charge in [0.2, 0.25) is 0 Å². The Morgan fingerprint density at radius 2 is 1.54 bits per heavy atom. The van der Waals surface area contributed by atoms with Crippen LogP contribution in [0.2, 0.25) is 5.02 Å². The van der Waals surface area contributed by atoms with Crippen LogP contribution in [0.15, 0.2) is 60.7 Å². The number of halogens is 1. The van der Waals surface area contributed by atoms with Gasteiger partial charge in [-0.25, -0.2) is 4.79 Å². The monoisotopic (exact) mass is 495 g/mol. The zero-order chi connectivity index (χ0) is 24.9. The van der Waals surface area contributed by atoms with Crippen molar-refractivity contribution in [2.75, 3.05) is 34.5 Å². The molecule has 0 unspecified atom stereocenters. The number of hydrogen-bond acceptors (Lipinski definition) is 6. The van der Waals surface area contributed by atoms with Gasteiger partial charge in [0.15, 0.2) is 11.5 Å². The maximum absolute atomic E-state index is 13.5. The molecule has 35 heavy (non-hydrogen) atoms. The number of ether oxygens (including phenoxy) is 4. The van der Waals surface area contributed by atoms with Crippen LogP contribution in [-0.2, 0) is 11.2 Å². The zero-order valence-corrected chi connectivity index (χ0v) is 20.5.